The largest absolute Gasteiger partial charge is 0.481 e. The molecule has 1 atom stereocenters. The van der Waals surface area contributed by atoms with E-state index in [9.17, 15) is 4.79 Å². The Bertz CT molecular complexity index is 126. The molecule has 1 unspecified atom stereocenters. The van der Waals surface area contributed by atoms with Crippen LogP contribution in [0.2, 0.25) is 0 Å². The summed E-state index contributed by atoms with van der Waals surface area (Å²) in [5.74, 6) is -0.257. The molecular formula is C10H20NdO2. The molecule has 3 heteroatoms. The second-order valence-corrected chi connectivity index (χ2v) is 3.37. The third kappa shape index (κ3) is 10.7. The predicted molar refractivity (Wildman–Crippen MR) is 50.2 cm³/mol. The molecule has 0 aliphatic rings. The number of aliphatic carboxylic acids is 1. The Morgan fingerprint density at radius 3 is 2.31 bits per heavy atom. The van der Waals surface area contributed by atoms with Gasteiger partial charge in [-0.2, -0.15) is 0 Å². The molecule has 0 aromatic rings. The van der Waals surface area contributed by atoms with Gasteiger partial charge in [0.05, 0.1) is 0 Å². The monoisotopic (exact) mass is 314 g/mol. The van der Waals surface area contributed by atoms with Crippen molar-refractivity contribution in [2.45, 2.75) is 52.4 Å². The van der Waals surface area contributed by atoms with Gasteiger partial charge in [-0.15, -0.1) is 0 Å². The number of carbonyl (C=O) groups is 1. The summed E-state index contributed by atoms with van der Waals surface area (Å²) < 4.78 is 0. The molecule has 0 aliphatic heterocycles. The van der Waals surface area contributed by atoms with Crippen molar-refractivity contribution in [1.82, 2.24) is 0 Å². The van der Waals surface area contributed by atoms with Crippen LogP contribution in [-0.4, -0.2) is 11.1 Å². The molecule has 0 aliphatic carbocycles. The first-order chi connectivity index (χ1) is 5.70. The van der Waals surface area contributed by atoms with E-state index >= 15 is 0 Å². The van der Waals surface area contributed by atoms with E-state index in [0.717, 1.165) is 12.8 Å². The van der Waals surface area contributed by atoms with Crippen molar-refractivity contribution in [3.8, 4) is 0 Å². The van der Waals surface area contributed by atoms with Crippen LogP contribution in [0.5, 0.6) is 0 Å². The average molecular weight is 317 g/mol. The summed E-state index contributed by atoms with van der Waals surface area (Å²) in [6.45, 7) is 4.23. The summed E-state index contributed by atoms with van der Waals surface area (Å²) in [5, 5.41) is 8.57. The molecule has 13 heavy (non-hydrogen) atoms. The summed E-state index contributed by atoms with van der Waals surface area (Å²) >= 11 is 0. The molecule has 0 aromatic carbocycles. The standard InChI is InChI=1S/C10H20O2.Nd/c1-3-5-6-7-9(4-2)8-10(11)12;/h9H,3-8H2,1-2H3,(H,11,12);. The zero-order valence-electron chi connectivity index (χ0n) is 8.68. The SMILES string of the molecule is CCCCCC(CC)CC(=O)O.[Nd]. The van der Waals surface area contributed by atoms with E-state index < -0.39 is 5.97 Å². The first-order valence-corrected chi connectivity index (χ1v) is 4.92. The maximum Gasteiger partial charge on any atom is 0.303 e. The van der Waals surface area contributed by atoms with E-state index in [1.807, 2.05) is 0 Å². The first kappa shape index (κ1) is 16.3. The van der Waals surface area contributed by atoms with Crippen LogP contribution in [0.3, 0.4) is 0 Å². The molecule has 0 heterocycles. The molecule has 0 spiro atoms. The van der Waals surface area contributed by atoms with Crippen LogP contribution in [0.1, 0.15) is 52.4 Å². The normalized spacial score (nSPS) is 11.8. The van der Waals surface area contributed by atoms with Gasteiger partial charge in [-0.05, 0) is 12.3 Å². The average Bonchev–Trinajstić information content (AvgIpc) is 2.02. The fourth-order valence-corrected chi connectivity index (χ4v) is 1.38. The van der Waals surface area contributed by atoms with Crippen molar-refractivity contribution < 1.29 is 50.7 Å². The molecular weight excluding hydrogens is 296 g/mol. The summed E-state index contributed by atoms with van der Waals surface area (Å²) in [4.78, 5) is 10.4. The van der Waals surface area contributed by atoms with E-state index in [4.69, 9.17) is 5.11 Å². The summed E-state index contributed by atoms with van der Waals surface area (Å²) in [7, 11) is 0. The maximum atomic E-state index is 10.4. The molecule has 76 valence electrons. The van der Waals surface area contributed by atoms with Crippen LogP contribution in [-0.2, 0) is 4.79 Å². The Balaban J connectivity index is 0. The zero-order chi connectivity index (χ0) is 9.40. The van der Waals surface area contributed by atoms with Crippen LogP contribution in [0, 0.1) is 46.8 Å². The molecule has 0 aromatic heterocycles. The van der Waals surface area contributed by atoms with Crippen molar-refractivity contribution >= 4 is 5.97 Å². The number of carboxylic acid groups (broad SMARTS) is 1. The topological polar surface area (TPSA) is 37.3 Å². The summed E-state index contributed by atoms with van der Waals surface area (Å²) in [6.07, 6.45) is 6.05. The first-order valence-electron chi connectivity index (χ1n) is 4.92. The second-order valence-electron chi connectivity index (χ2n) is 3.37. The minimum absolute atomic E-state index is 0. The van der Waals surface area contributed by atoms with Crippen LogP contribution in [0.15, 0.2) is 0 Å². The van der Waals surface area contributed by atoms with Gasteiger partial charge in [-0.1, -0.05) is 39.5 Å². The van der Waals surface area contributed by atoms with Crippen LogP contribution in [0.25, 0.3) is 0 Å². The van der Waals surface area contributed by atoms with Crippen molar-refractivity contribution in [2.24, 2.45) is 5.92 Å². The van der Waals surface area contributed by atoms with E-state index in [2.05, 4.69) is 13.8 Å². The molecule has 0 fully saturated rings. The third-order valence-electron chi connectivity index (χ3n) is 2.26. The molecule has 0 amide bonds. The van der Waals surface area contributed by atoms with Gasteiger partial charge in [0, 0.05) is 47.3 Å². The molecule has 0 radical (unpaired) electrons. The minimum Gasteiger partial charge on any atom is -0.481 e. The fourth-order valence-electron chi connectivity index (χ4n) is 1.38. The van der Waals surface area contributed by atoms with Crippen molar-refractivity contribution in [3.05, 3.63) is 0 Å². The Labute approximate surface area is 114 Å². The number of unbranched alkanes of at least 4 members (excludes halogenated alkanes) is 2. The third-order valence-corrected chi connectivity index (χ3v) is 2.26. The summed E-state index contributed by atoms with van der Waals surface area (Å²) in [6, 6.07) is 0. The van der Waals surface area contributed by atoms with Gasteiger partial charge in [0.2, 0.25) is 0 Å². The van der Waals surface area contributed by atoms with Gasteiger partial charge in [0.1, 0.15) is 0 Å². The number of rotatable bonds is 7. The van der Waals surface area contributed by atoms with Gasteiger partial charge < -0.3 is 5.11 Å². The second kappa shape index (κ2) is 10.9. The van der Waals surface area contributed by atoms with E-state index in [1.54, 1.807) is 0 Å². The smallest absolute Gasteiger partial charge is 0.303 e. The predicted octanol–water partition coefficient (Wildman–Crippen LogP) is 3.07. The quantitative estimate of drug-likeness (QED) is 0.733. The maximum absolute atomic E-state index is 10.4. The molecule has 2 nitrogen and oxygen atoms in total. The molecule has 0 bridgehead atoms. The van der Waals surface area contributed by atoms with Gasteiger partial charge in [-0.3, -0.25) is 4.79 Å². The van der Waals surface area contributed by atoms with Crippen LogP contribution < -0.4 is 0 Å². The van der Waals surface area contributed by atoms with E-state index in [0.29, 0.717) is 12.3 Å². The molecule has 0 saturated heterocycles. The van der Waals surface area contributed by atoms with Crippen molar-refractivity contribution in [1.29, 1.82) is 0 Å². The number of hydrogen-bond acceptors (Lipinski definition) is 1. The van der Waals surface area contributed by atoms with Crippen LogP contribution in [0.4, 0.5) is 0 Å². The molecule has 0 rings (SSSR count). The Morgan fingerprint density at radius 2 is 1.92 bits per heavy atom. The fraction of sp³-hybridized carbons (Fsp3) is 0.900. The van der Waals surface area contributed by atoms with E-state index in [1.165, 1.54) is 19.3 Å². The Morgan fingerprint density at radius 1 is 1.31 bits per heavy atom. The number of carboxylic acids is 1. The van der Waals surface area contributed by atoms with Gasteiger partial charge in [-0.25, -0.2) is 0 Å². The molecule has 1 N–H and O–H groups in total. The minimum atomic E-state index is -0.654. The zero-order valence-corrected chi connectivity index (χ0v) is 11.9. The Hall–Kier alpha value is 0.821. The van der Waals surface area contributed by atoms with Gasteiger partial charge in [0.25, 0.3) is 0 Å². The summed E-state index contributed by atoms with van der Waals surface area (Å²) in [5.41, 5.74) is 0. The Kier molecular flexibility index (Phi) is 13.6. The molecule has 0 saturated carbocycles. The van der Waals surface area contributed by atoms with Crippen LogP contribution >= 0.6 is 0 Å². The van der Waals surface area contributed by atoms with Crippen molar-refractivity contribution in [2.75, 3.05) is 0 Å². The van der Waals surface area contributed by atoms with Gasteiger partial charge >= 0.3 is 5.97 Å². The number of hydrogen-bond donors (Lipinski definition) is 1. The van der Waals surface area contributed by atoms with Gasteiger partial charge in [0.15, 0.2) is 0 Å². The van der Waals surface area contributed by atoms with E-state index in [-0.39, 0.29) is 40.8 Å². The van der Waals surface area contributed by atoms with Crippen molar-refractivity contribution in [3.63, 3.8) is 0 Å².